The second-order valence-corrected chi connectivity index (χ2v) is 4.70. The van der Waals surface area contributed by atoms with Crippen LogP contribution >= 0.6 is 15.9 Å². The first-order valence-corrected chi connectivity index (χ1v) is 6.14. The van der Waals surface area contributed by atoms with Crippen molar-refractivity contribution in [3.63, 3.8) is 0 Å². The molecule has 100 valence electrons. The average Bonchev–Trinajstić information content (AvgIpc) is 2.33. The highest BCUT2D eigenvalue weighted by Gasteiger charge is 2.30. The van der Waals surface area contributed by atoms with Crippen molar-refractivity contribution in [1.29, 1.82) is 0 Å². The van der Waals surface area contributed by atoms with Crippen LogP contribution in [0.3, 0.4) is 0 Å². The van der Waals surface area contributed by atoms with Crippen LogP contribution in [0.5, 0.6) is 11.6 Å². The van der Waals surface area contributed by atoms with Crippen LogP contribution in [-0.2, 0) is 6.18 Å². The lowest BCUT2D eigenvalue weighted by atomic mass is 10.2. The van der Waals surface area contributed by atoms with E-state index < -0.39 is 11.7 Å². The van der Waals surface area contributed by atoms with Gasteiger partial charge in [0, 0.05) is 5.56 Å². The average molecular weight is 332 g/mol. The first kappa shape index (κ1) is 13.9. The Morgan fingerprint density at radius 3 is 2.58 bits per heavy atom. The van der Waals surface area contributed by atoms with E-state index in [0.717, 1.165) is 17.7 Å². The first-order valence-electron chi connectivity index (χ1n) is 5.34. The summed E-state index contributed by atoms with van der Waals surface area (Å²) in [5.41, 5.74) is -0.0155. The van der Waals surface area contributed by atoms with Crippen LogP contribution < -0.4 is 4.74 Å². The molecule has 2 nitrogen and oxygen atoms in total. The van der Waals surface area contributed by atoms with E-state index in [2.05, 4.69) is 20.9 Å². The van der Waals surface area contributed by atoms with Crippen molar-refractivity contribution in [2.75, 3.05) is 0 Å². The van der Waals surface area contributed by atoms with Gasteiger partial charge in [0.25, 0.3) is 0 Å². The van der Waals surface area contributed by atoms with Crippen molar-refractivity contribution < 1.29 is 17.9 Å². The van der Waals surface area contributed by atoms with Crippen LogP contribution in [0.15, 0.2) is 41.0 Å². The fourth-order valence-corrected chi connectivity index (χ4v) is 1.73. The minimum atomic E-state index is -4.39. The molecule has 2 aromatic rings. The van der Waals surface area contributed by atoms with Crippen LogP contribution in [0.4, 0.5) is 13.2 Å². The van der Waals surface area contributed by atoms with E-state index >= 15 is 0 Å². The molecule has 1 aromatic carbocycles. The van der Waals surface area contributed by atoms with Gasteiger partial charge in [0.15, 0.2) is 0 Å². The summed E-state index contributed by atoms with van der Waals surface area (Å²) in [7, 11) is 0. The Bertz CT molecular complexity index is 599. The normalized spacial score (nSPS) is 11.4. The molecular formula is C13H9BrF3NO. The van der Waals surface area contributed by atoms with E-state index in [-0.39, 0.29) is 11.6 Å². The standard InChI is InChI=1S/C13H9BrF3NO/c1-8-5-6-11(14)18-12(8)19-10-4-2-3-9(7-10)13(15,16)17/h2-7H,1H3. The van der Waals surface area contributed by atoms with Crippen molar-refractivity contribution in [2.45, 2.75) is 13.1 Å². The van der Waals surface area contributed by atoms with E-state index in [4.69, 9.17) is 4.74 Å². The van der Waals surface area contributed by atoms with Gasteiger partial charge in [-0.3, -0.25) is 0 Å². The Balaban J connectivity index is 2.31. The Kier molecular flexibility index (Phi) is 3.80. The quantitative estimate of drug-likeness (QED) is 0.725. The molecule has 0 saturated carbocycles. The zero-order valence-corrected chi connectivity index (χ0v) is 11.4. The summed E-state index contributed by atoms with van der Waals surface area (Å²) in [4.78, 5) is 4.07. The van der Waals surface area contributed by atoms with Gasteiger partial charge in [-0.05, 0) is 47.1 Å². The number of benzene rings is 1. The predicted molar refractivity (Wildman–Crippen MR) is 68.2 cm³/mol. The van der Waals surface area contributed by atoms with Gasteiger partial charge < -0.3 is 4.74 Å². The number of nitrogens with zero attached hydrogens (tertiary/aromatic N) is 1. The molecule has 0 aliphatic rings. The zero-order chi connectivity index (χ0) is 14.0. The van der Waals surface area contributed by atoms with Gasteiger partial charge in [-0.1, -0.05) is 12.1 Å². The van der Waals surface area contributed by atoms with E-state index in [0.29, 0.717) is 4.60 Å². The van der Waals surface area contributed by atoms with Gasteiger partial charge in [0.05, 0.1) is 5.56 Å². The van der Waals surface area contributed by atoms with Crippen LogP contribution in [0.2, 0.25) is 0 Å². The molecule has 0 N–H and O–H groups in total. The Morgan fingerprint density at radius 1 is 1.16 bits per heavy atom. The summed E-state index contributed by atoms with van der Waals surface area (Å²) in [5, 5.41) is 0. The van der Waals surface area contributed by atoms with Crippen molar-refractivity contribution in [3.8, 4) is 11.6 Å². The third-order valence-electron chi connectivity index (χ3n) is 2.39. The van der Waals surface area contributed by atoms with E-state index in [1.807, 2.05) is 0 Å². The maximum absolute atomic E-state index is 12.6. The van der Waals surface area contributed by atoms with Gasteiger partial charge in [-0.2, -0.15) is 13.2 Å². The topological polar surface area (TPSA) is 22.1 Å². The van der Waals surface area contributed by atoms with Gasteiger partial charge in [-0.15, -0.1) is 0 Å². The van der Waals surface area contributed by atoms with E-state index in [1.54, 1.807) is 19.1 Å². The van der Waals surface area contributed by atoms with Gasteiger partial charge in [-0.25, -0.2) is 4.98 Å². The lowest BCUT2D eigenvalue weighted by Gasteiger charge is -2.10. The number of pyridine rings is 1. The summed E-state index contributed by atoms with van der Waals surface area (Å²) >= 11 is 3.18. The summed E-state index contributed by atoms with van der Waals surface area (Å²) in [6.07, 6.45) is -4.39. The SMILES string of the molecule is Cc1ccc(Br)nc1Oc1cccc(C(F)(F)F)c1. The Morgan fingerprint density at radius 2 is 1.89 bits per heavy atom. The number of rotatable bonds is 2. The minimum absolute atomic E-state index is 0.100. The van der Waals surface area contributed by atoms with Crippen LogP contribution in [0.25, 0.3) is 0 Å². The van der Waals surface area contributed by atoms with Crippen molar-refractivity contribution in [3.05, 3.63) is 52.1 Å². The first-order chi connectivity index (χ1) is 8.86. The molecule has 0 radical (unpaired) electrons. The van der Waals surface area contributed by atoms with Crippen LogP contribution in [0, 0.1) is 6.92 Å². The lowest BCUT2D eigenvalue weighted by Crippen LogP contribution is -2.04. The zero-order valence-electron chi connectivity index (χ0n) is 9.83. The van der Waals surface area contributed by atoms with Gasteiger partial charge in [0.1, 0.15) is 10.4 Å². The lowest BCUT2D eigenvalue weighted by molar-refractivity contribution is -0.137. The Labute approximate surface area is 116 Å². The molecule has 0 bridgehead atoms. The van der Waals surface area contributed by atoms with Crippen molar-refractivity contribution >= 4 is 15.9 Å². The molecular weight excluding hydrogens is 323 g/mol. The molecule has 1 aromatic heterocycles. The highest BCUT2D eigenvalue weighted by Crippen LogP contribution is 2.33. The molecule has 0 aliphatic carbocycles. The summed E-state index contributed by atoms with van der Waals surface area (Å²) < 4.78 is 43.7. The number of hydrogen-bond donors (Lipinski definition) is 0. The molecule has 6 heteroatoms. The van der Waals surface area contributed by atoms with E-state index in [9.17, 15) is 13.2 Å². The molecule has 0 spiro atoms. The molecule has 0 fully saturated rings. The molecule has 19 heavy (non-hydrogen) atoms. The highest BCUT2D eigenvalue weighted by atomic mass is 79.9. The Hall–Kier alpha value is -1.56. The van der Waals surface area contributed by atoms with Crippen molar-refractivity contribution in [2.24, 2.45) is 0 Å². The van der Waals surface area contributed by atoms with Crippen molar-refractivity contribution in [1.82, 2.24) is 4.98 Å². The summed E-state index contributed by atoms with van der Waals surface area (Å²) in [5.74, 6) is 0.372. The molecule has 0 saturated heterocycles. The number of halogens is 4. The number of aromatic nitrogens is 1. The van der Waals surface area contributed by atoms with Crippen LogP contribution in [-0.4, -0.2) is 4.98 Å². The number of alkyl halides is 3. The smallest absolute Gasteiger partial charge is 0.416 e. The largest absolute Gasteiger partial charge is 0.439 e. The minimum Gasteiger partial charge on any atom is -0.439 e. The van der Waals surface area contributed by atoms with Gasteiger partial charge >= 0.3 is 6.18 Å². The van der Waals surface area contributed by atoms with Gasteiger partial charge in [0.2, 0.25) is 5.88 Å². The second kappa shape index (κ2) is 5.21. The molecule has 0 atom stereocenters. The molecule has 2 rings (SSSR count). The summed E-state index contributed by atoms with van der Waals surface area (Å²) in [6, 6.07) is 8.19. The molecule has 1 heterocycles. The fourth-order valence-electron chi connectivity index (χ4n) is 1.44. The monoisotopic (exact) mass is 331 g/mol. The van der Waals surface area contributed by atoms with E-state index in [1.165, 1.54) is 12.1 Å². The molecule has 0 unspecified atom stereocenters. The maximum Gasteiger partial charge on any atom is 0.416 e. The maximum atomic E-state index is 12.6. The third kappa shape index (κ3) is 3.47. The second-order valence-electron chi connectivity index (χ2n) is 3.88. The van der Waals surface area contributed by atoms with Crippen LogP contribution in [0.1, 0.15) is 11.1 Å². The third-order valence-corrected chi connectivity index (χ3v) is 2.83. The number of hydrogen-bond acceptors (Lipinski definition) is 2. The molecule has 0 aliphatic heterocycles. The summed E-state index contributed by atoms with van der Waals surface area (Å²) in [6.45, 7) is 1.77. The number of aryl methyl sites for hydroxylation is 1. The number of ether oxygens (including phenoxy) is 1. The molecule has 0 amide bonds. The highest BCUT2D eigenvalue weighted by molar-refractivity contribution is 9.10. The predicted octanol–water partition coefficient (Wildman–Crippen LogP) is 4.96. The fraction of sp³-hybridized carbons (Fsp3) is 0.154.